The summed E-state index contributed by atoms with van der Waals surface area (Å²) in [6.45, 7) is 5.31. The summed E-state index contributed by atoms with van der Waals surface area (Å²) in [6, 6.07) is 0. The van der Waals surface area contributed by atoms with Gasteiger partial charge in [-0.25, -0.2) is 0 Å². The molecule has 0 amide bonds. The van der Waals surface area contributed by atoms with Crippen molar-refractivity contribution in [3.05, 3.63) is 0 Å². The third-order valence-corrected chi connectivity index (χ3v) is 0.393. The van der Waals surface area contributed by atoms with Gasteiger partial charge < -0.3 is 5.11 Å². The Morgan fingerprint density at radius 3 is 2.50 bits per heavy atom. The van der Waals surface area contributed by atoms with E-state index in [9.17, 15) is 0 Å². The highest BCUT2D eigenvalue weighted by atomic mass is 16.3. The van der Waals surface area contributed by atoms with Crippen LogP contribution in [-0.2, 0) is 0 Å². The monoisotopic (exact) mass is 87.1 g/mol. The molecule has 0 aromatic rings. The fraction of sp³-hybridized carbons (Fsp3) is 0.750. The van der Waals surface area contributed by atoms with Crippen LogP contribution in [0.3, 0.4) is 0 Å². The Kier molecular flexibility index (Phi) is 2.67. The van der Waals surface area contributed by atoms with Crippen molar-refractivity contribution in [1.82, 2.24) is 0 Å². The van der Waals surface area contributed by atoms with Crippen LogP contribution >= 0.6 is 0 Å². The molecule has 0 unspecified atom stereocenters. The first-order valence-electron chi connectivity index (χ1n) is 1.88. The van der Waals surface area contributed by atoms with Crippen LogP contribution in [0.2, 0.25) is 0 Å². The van der Waals surface area contributed by atoms with Gasteiger partial charge in [0.2, 0.25) is 0 Å². The van der Waals surface area contributed by atoms with E-state index in [-0.39, 0.29) is 6.10 Å². The second kappa shape index (κ2) is 2.85. The first kappa shape index (κ1) is 5.63. The van der Waals surface area contributed by atoms with E-state index >= 15 is 0 Å². The molecule has 0 rings (SSSR count). The number of hydrogen-bond acceptors (Lipinski definition) is 2. The van der Waals surface area contributed by atoms with Gasteiger partial charge in [0.05, 0.1) is 12.6 Å². The molecule has 1 N–H and O–H groups in total. The summed E-state index contributed by atoms with van der Waals surface area (Å²) in [6.07, 6.45) is -0.331. The van der Waals surface area contributed by atoms with E-state index in [0.29, 0.717) is 6.54 Å². The predicted molar refractivity (Wildman–Crippen MR) is 26.1 cm³/mol. The standard InChI is InChI=1S/C4H9NO/c1-4(6)3-5-2/h4,6H,2-3H2,1H3/t4-/m0/s1. The molecule has 0 saturated heterocycles. The van der Waals surface area contributed by atoms with Crippen molar-refractivity contribution in [2.45, 2.75) is 13.0 Å². The van der Waals surface area contributed by atoms with Crippen molar-refractivity contribution in [3.63, 3.8) is 0 Å². The maximum Gasteiger partial charge on any atom is 0.0706 e. The molecule has 0 heterocycles. The Morgan fingerprint density at radius 2 is 2.50 bits per heavy atom. The van der Waals surface area contributed by atoms with Gasteiger partial charge in [0.15, 0.2) is 0 Å². The van der Waals surface area contributed by atoms with Crippen LogP contribution in [0, 0.1) is 0 Å². The van der Waals surface area contributed by atoms with Crippen LogP contribution in [0.5, 0.6) is 0 Å². The quantitative estimate of drug-likeness (QED) is 0.475. The highest BCUT2D eigenvalue weighted by Crippen LogP contribution is 1.75. The maximum absolute atomic E-state index is 8.42. The summed E-state index contributed by atoms with van der Waals surface area (Å²) in [7, 11) is 0. The number of aliphatic hydroxyl groups is 1. The highest BCUT2D eigenvalue weighted by Gasteiger charge is 1.85. The Bertz CT molecular complexity index is 42.8. The van der Waals surface area contributed by atoms with Crippen molar-refractivity contribution < 1.29 is 5.11 Å². The van der Waals surface area contributed by atoms with Crippen molar-refractivity contribution in [3.8, 4) is 0 Å². The third-order valence-electron chi connectivity index (χ3n) is 0.393. The molecule has 2 heteroatoms. The molecule has 1 atom stereocenters. The SMILES string of the molecule is C=NC[C@H](C)O. The predicted octanol–water partition coefficient (Wildman–Crippen LogP) is 0.0678. The largest absolute Gasteiger partial charge is 0.391 e. The van der Waals surface area contributed by atoms with Gasteiger partial charge in [0.1, 0.15) is 0 Å². The average Bonchev–Trinajstić information content (AvgIpc) is 1.35. The summed E-state index contributed by atoms with van der Waals surface area (Å²) < 4.78 is 0. The lowest BCUT2D eigenvalue weighted by molar-refractivity contribution is 0.204. The zero-order valence-corrected chi connectivity index (χ0v) is 3.89. The summed E-state index contributed by atoms with van der Waals surface area (Å²) in [5.74, 6) is 0. The van der Waals surface area contributed by atoms with E-state index in [1.54, 1.807) is 6.92 Å². The minimum atomic E-state index is -0.331. The Balaban J connectivity index is 2.81. The number of nitrogens with zero attached hydrogens (tertiary/aromatic N) is 1. The lowest BCUT2D eigenvalue weighted by atomic mass is 10.4. The molecule has 0 aliphatic carbocycles. The second-order valence-corrected chi connectivity index (χ2v) is 1.26. The van der Waals surface area contributed by atoms with Crippen molar-refractivity contribution in [1.29, 1.82) is 0 Å². The minimum absolute atomic E-state index is 0.331. The van der Waals surface area contributed by atoms with Crippen LogP contribution < -0.4 is 0 Å². The van der Waals surface area contributed by atoms with Gasteiger partial charge in [0, 0.05) is 0 Å². The summed E-state index contributed by atoms with van der Waals surface area (Å²) in [4.78, 5) is 3.44. The zero-order chi connectivity index (χ0) is 4.99. The summed E-state index contributed by atoms with van der Waals surface area (Å²) >= 11 is 0. The molecule has 0 spiro atoms. The van der Waals surface area contributed by atoms with E-state index < -0.39 is 0 Å². The average molecular weight is 87.1 g/mol. The molecule has 0 saturated carbocycles. The molecule has 0 aliphatic rings. The van der Waals surface area contributed by atoms with Gasteiger partial charge in [-0.1, -0.05) is 0 Å². The first-order chi connectivity index (χ1) is 2.77. The molecule has 0 bridgehead atoms. The van der Waals surface area contributed by atoms with Crippen molar-refractivity contribution in [2.24, 2.45) is 4.99 Å². The van der Waals surface area contributed by atoms with Crippen molar-refractivity contribution in [2.75, 3.05) is 6.54 Å². The van der Waals surface area contributed by atoms with Gasteiger partial charge in [-0.15, -0.1) is 0 Å². The van der Waals surface area contributed by atoms with Crippen LogP contribution in [0.1, 0.15) is 6.92 Å². The van der Waals surface area contributed by atoms with Gasteiger partial charge in [-0.05, 0) is 13.6 Å². The highest BCUT2D eigenvalue weighted by molar-refractivity contribution is 5.23. The molecule has 0 radical (unpaired) electrons. The molecule has 6 heavy (non-hydrogen) atoms. The Labute approximate surface area is 37.5 Å². The van der Waals surface area contributed by atoms with Gasteiger partial charge in [-0.2, -0.15) is 0 Å². The van der Waals surface area contributed by atoms with E-state index in [0.717, 1.165) is 0 Å². The smallest absolute Gasteiger partial charge is 0.0706 e. The van der Waals surface area contributed by atoms with Crippen molar-refractivity contribution >= 4 is 6.72 Å². The number of rotatable bonds is 2. The zero-order valence-electron chi connectivity index (χ0n) is 3.89. The lowest BCUT2D eigenvalue weighted by Crippen LogP contribution is -2.02. The van der Waals surface area contributed by atoms with Crippen LogP contribution in [0.15, 0.2) is 4.99 Å². The fourth-order valence-corrected chi connectivity index (χ4v) is 0.187. The van der Waals surface area contributed by atoms with Crippen LogP contribution in [-0.4, -0.2) is 24.5 Å². The van der Waals surface area contributed by atoms with E-state index in [4.69, 9.17) is 5.11 Å². The molecule has 2 nitrogen and oxygen atoms in total. The van der Waals surface area contributed by atoms with Crippen LogP contribution in [0.25, 0.3) is 0 Å². The molecule has 0 aliphatic heterocycles. The normalized spacial score (nSPS) is 13.7. The van der Waals surface area contributed by atoms with E-state index in [2.05, 4.69) is 11.7 Å². The van der Waals surface area contributed by atoms with Gasteiger partial charge in [-0.3, -0.25) is 4.99 Å². The Morgan fingerprint density at radius 1 is 2.00 bits per heavy atom. The topological polar surface area (TPSA) is 32.6 Å². The molecule has 0 fully saturated rings. The lowest BCUT2D eigenvalue weighted by Gasteiger charge is -1.92. The Hall–Kier alpha value is -0.370. The molecular formula is C4H9NO. The minimum Gasteiger partial charge on any atom is -0.391 e. The molecule has 0 aromatic carbocycles. The molecule has 0 aromatic heterocycles. The molecular weight excluding hydrogens is 78.0 g/mol. The van der Waals surface area contributed by atoms with E-state index in [1.807, 2.05) is 0 Å². The maximum atomic E-state index is 8.42. The second-order valence-electron chi connectivity index (χ2n) is 1.26. The third kappa shape index (κ3) is 3.63. The molecule has 36 valence electrons. The first-order valence-corrected chi connectivity index (χ1v) is 1.88. The number of hydrogen-bond donors (Lipinski definition) is 1. The van der Waals surface area contributed by atoms with Crippen LogP contribution in [0.4, 0.5) is 0 Å². The van der Waals surface area contributed by atoms with Gasteiger partial charge >= 0.3 is 0 Å². The summed E-state index contributed by atoms with van der Waals surface area (Å²) in [5.41, 5.74) is 0. The number of aliphatic hydroxyl groups excluding tert-OH is 1. The van der Waals surface area contributed by atoms with E-state index in [1.165, 1.54) is 0 Å². The number of aliphatic imine (C=N–C) groups is 1. The fourth-order valence-electron chi connectivity index (χ4n) is 0.187. The van der Waals surface area contributed by atoms with Gasteiger partial charge in [0.25, 0.3) is 0 Å². The summed E-state index contributed by atoms with van der Waals surface area (Å²) in [5, 5.41) is 8.42.